The van der Waals surface area contributed by atoms with Gasteiger partial charge in [-0.05, 0) is 78.4 Å². The molecule has 1 nitrogen and oxygen atoms in total. The van der Waals surface area contributed by atoms with Gasteiger partial charge in [-0.1, -0.05) is 26.0 Å². The van der Waals surface area contributed by atoms with Gasteiger partial charge in [0, 0.05) is 12.7 Å². The highest BCUT2D eigenvalue weighted by molar-refractivity contribution is 5.46. The van der Waals surface area contributed by atoms with Gasteiger partial charge in [0.15, 0.2) is 0 Å². The van der Waals surface area contributed by atoms with E-state index < -0.39 is 0 Å². The largest absolute Gasteiger partial charge is 0.388 e. The first kappa shape index (κ1) is 12.7. The van der Waals surface area contributed by atoms with Crippen molar-refractivity contribution in [2.24, 2.45) is 16.7 Å². The van der Waals surface area contributed by atoms with Crippen molar-refractivity contribution in [3.05, 3.63) is 29.8 Å². The summed E-state index contributed by atoms with van der Waals surface area (Å²) in [4.78, 5) is 0. The van der Waals surface area contributed by atoms with Gasteiger partial charge >= 0.3 is 0 Å². The lowest BCUT2D eigenvalue weighted by Gasteiger charge is -2.65. The second kappa shape index (κ2) is 3.81. The minimum atomic E-state index is 0.481. The molecule has 0 aromatic heterocycles. The fraction of sp³-hybridized carbons (Fsp3) is 0.684. The summed E-state index contributed by atoms with van der Waals surface area (Å²) in [5, 5.41) is 3.24. The zero-order valence-electron chi connectivity index (χ0n) is 13.1. The molecule has 20 heavy (non-hydrogen) atoms. The summed E-state index contributed by atoms with van der Waals surface area (Å²) in [6.07, 6.45) is 8.72. The van der Waals surface area contributed by atoms with Crippen molar-refractivity contribution < 1.29 is 0 Å². The summed E-state index contributed by atoms with van der Waals surface area (Å²) >= 11 is 0. The molecule has 4 bridgehead atoms. The van der Waals surface area contributed by atoms with Gasteiger partial charge in [-0.3, -0.25) is 0 Å². The van der Waals surface area contributed by atoms with Crippen molar-refractivity contribution >= 4 is 5.69 Å². The smallest absolute Gasteiger partial charge is 0.0337 e. The van der Waals surface area contributed by atoms with Crippen LogP contribution in [-0.4, -0.2) is 7.05 Å². The first-order chi connectivity index (χ1) is 9.44. The van der Waals surface area contributed by atoms with Gasteiger partial charge < -0.3 is 5.32 Å². The van der Waals surface area contributed by atoms with Crippen LogP contribution in [0.3, 0.4) is 0 Å². The minimum absolute atomic E-state index is 0.481. The van der Waals surface area contributed by atoms with Crippen molar-refractivity contribution in [1.82, 2.24) is 0 Å². The molecule has 0 radical (unpaired) electrons. The van der Waals surface area contributed by atoms with Crippen molar-refractivity contribution in [1.29, 1.82) is 0 Å². The third kappa shape index (κ3) is 1.75. The molecular weight excluding hydrogens is 242 g/mol. The molecule has 4 aliphatic rings. The van der Waals surface area contributed by atoms with Gasteiger partial charge in [0.25, 0.3) is 0 Å². The maximum absolute atomic E-state index is 3.24. The van der Waals surface area contributed by atoms with Crippen LogP contribution in [0.15, 0.2) is 24.3 Å². The highest BCUT2D eigenvalue weighted by Gasteiger charge is 2.60. The summed E-state index contributed by atoms with van der Waals surface area (Å²) in [6, 6.07) is 9.31. The third-order valence-corrected chi connectivity index (χ3v) is 6.41. The van der Waals surface area contributed by atoms with Gasteiger partial charge in [-0.15, -0.1) is 0 Å². The van der Waals surface area contributed by atoms with E-state index in [0.29, 0.717) is 16.2 Å². The molecule has 0 spiro atoms. The Morgan fingerprint density at radius 2 is 1.50 bits per heavy atom. The van der Waals surface area contributed by atoms with E-state index in [1.54, 1.807) is 5.56 Å². The van der Waals surface area contributed by atoms with E-state index in [0.717, 1.165) is 5.92 Å². The second-order valence-electron chi connectivity index (χ2n) is 8.74. The Labute approximate surface area is 123 Å². The molecule has 0 heterocycles. The van der Waals surface area contributed by atoms with E-state index in [2.05, 4.69) is 43.4 Å². The molecule has 1 aromatic carbocycles. The molecule has 1 N–H and O–H groups in total. The van der Waals surface area contributed by atoms with E-state index in [-0.39, 0.29) is 0 Å². The number of rotatable bonds is 2. The fourth-order valence-electron chi connectivity index (χ4n) is 6.76. The van der Waals surface area contributed by atoms with Gasteiger partial charge in [-0.2, -0.15) is 0 Å². The van der Waals surface area contributed by atoms with Crippen LogP contribution < -0.4 is 5.32 Å². The standard InChI is InChI=1S/C19H27N/c1-17-8-14-9-18(2,11-17)13-19(10-14,12-17)15-4-6-16(20-3)7-5-15/h4-7,14,20H,8-13H2,1-3H3. The van der Waals surface area contributed by atoms with E-state index in [1.807, 2.05) is 7.05 Å². The molecule has 1 heteroatoms. The number of anilines is 1. The normalized spacial score (nSPS) is 45.6. The molecule has 0 aliphatic heterocycles. The van der Waals surface area contributed by atoms with E-state index in [1.165, 1.54) is 44.2 Å². The summed E-state index contributed by atoms with van der Waals surface area (Å²) in [7, 11) is 2.00. The predicted molar refractivity (Wildman–Crippen MR) is 85.1 cm³/mol. The van der Waals surface area contributed by atoms with E-state index >= 15 is 0 Å². The molecule has 2 atom stereocenters. The topological polar surface area (TPSA) is 12.0 Å². The van der Waals surface area contributed by atoms with Crippen LogP contribution in [0.1, 0.15) is 57.9 Å². The number of hydrogen-bond acceptors (Lipinski definition) is 1. The Morgan fingerprint density at radius 3 is 2.00 bits per heavy atom. The summed E-state index contributed by atoms with van der Waals surface area (Å²) in [5.41, 5.74) is 4.54. The monoisotopic (exact) mass is 269 g/mol. The third-order valence-electron chi connectivity index (χ3n) is 6.41. The zero-order chi connectivity index (χ0) is 14.0. The molecule has 1 aromatic rings. The minimum Gasteiger partial charge on any atom is -0.388 e. The molecule has 2 unspecified atom stereocenters. The number of nitrogens with one attached hydrogen (secondary N) is 1. The van der Waals surface area contributed by atoms with E-state index in [9.17, 15) is 0 Å². The summed E-state index contributed by atoms with van der Waals surface area (Å²) < 4.78 is 0. The van der Waals surface area contributed by atoms with Crippen LogP contribution in [0.25, 0.3) is 0 Å². The molecule has 0 saturated heterocycles. The Bertz CT molecular complexity index is 511. The Morgan fingerprint density at radius 1 is 0.900 bits per heavy atom. The highest BCUT2D eigenvalue weighted by atomic mass is 14.8. The van der Waals surface area contributed by atoms with Crippen LogP contribution in [0.2, 0.25) is 0 Å². The Balaban J connectivity index is 1.76. The van der Waals surface area contributed by atoms with Crippen molar-refractivity contribution in [2.75, 3.05) is 12.4 Å². The average molecular weight is 269 g/mol. The van der Waals surface area contributed by atoms with Gasteiger partial charge in [0.05, 0.1) is 0 Å². The molecule has 5 rings (SSSR count). The van der Waals surface area contributed by atoms with Crippen LogP contribution in [0, 0.1) is 16.7 Å². The lowest BCUT2D eigenvalue weighted by Crippen LogP contribution is -2.56. The lowest BCUT2D eigenvalue weighted by atomic mass is 9.39. The summed E-state index contributed by atoms with van der Waals surface area (Å²) in [6.45, 7) is 5.12. The van der Waals surface area contributed by atoms with Crippen molar-refractivity contribution in [3.63, 3.8) is 0 Å². The van der Waals surface area contributed by atoms with Gasteiger partial charge in [0.1, 0.15) is 0 Å². The van der Waals surface area contributed by atoms with Crippen LogP contribution in [-0.2, 0) is 5.41 Å². The highest BCUT2D eigenvalue weighted by Crippen LogP contribution is 2.69. The summed E-state index contributed by atoms with van der Waals surface area (Å²) in [5.74, 6) is 0.977. The van der Waals surface area contributed by atoms with Gasteiger partial charge in [-0.25, -0.2) is 0 Å². The first-order valence-electron chi connectivity index (χ1n) is 8.23. The van der Waals surface area contributed by atoms with Crippen molar-refractivity contribution in [2.45, 2.75) is 57.8 Å². The lowest BCUT2D eigenvalue weighted by molar-refractivity contribution is -0.109. The molecule has 4 saturated carbocycles. The maximum Gasteiger partial charge on any atom is 0.0337 e. The Kier molecular flexibility index (Phi) is 2.43. The quantitative estimate of drug-likeness (QED) is 0.798. The molecular formula is C19H27N. The number of benzene rings is 1. The molecule has 4 aliphatic carbocycles. The van der Waals surface area contributed by atoms with E-state index in [4.69, 9.17) is 0 Å². The second-order valence-corrected chi connectivity index (χ2v) is 8.74. The molecule has 108 valence electrons. The Hall–Kier alpha value is -0.980. The fourth-order valence-corrected chi connectivity index (χ4v) is 6.76. The van der Waals surface area contributed by atoms with Crippen LogP contribution >= 0.6 is 0 Å². The van der Waals surface area contributed by atoms with Crippen LogP contribution in [0.5, 0.6) is 0 Å². The van der Waals surface area contributed by atoms with Crippen molar-refractivity contribution in [3.8, 4) is 0 Å². The first-order valence-corrected chi connectivity index (χ1v) is 8.23. The predicted octanol–water partition coefficient (Wildman–Crippen LogP) is 4.98. The molecule has 4 fully saturated rings. The van der Waals surface area contributed by atoms with Gasteiger partial charge in [0.2, 0.25) is 0 Å². The SMILES string of the molecule is CNc1ccc(C23CC4CC(C)(CC(C)(C4)C2)C3)cc1. The maximum atomic E-state index is 3.24. The molecule has 0 amide bonds. The average Bonchev–Trinajstić information content (AvgIpc) is 2.34. The number of hydrogen-bond donors (Lipinski definition) is 1. The van der Waals surface area contributed by atoms with Crippen LogP contribution in [0.4, 0.5) is 5.69 Å². The zero-order valence-corrected chi connectivity index (χ0v) is 13.1.